The van der Waals surface area contributed by atoms with Crippen LogP contribution < -0.4 is 16.0 Å². The van der Waals surface area contributed by atoms with Crippen LogP contribution in [0.25, 0.3) is 5.69 Å². The third-order valence-electron chi connectivity index (χ3n) is 7.89. The Morgan fingerprint density at radius 2 is 1.56 bits per heavy atom. The lowest BCUT2D eigenvalue weighted by atomic mass is 9.90. The molecule has 8 heteroatoms. The van der Waals surface area contributed by atoms with E-state index in [-0.39, 0.29) is 17.4 Å². The van der Waals surface area contributed by atoms with Crippen LogP contribution in [0.2, 0.25) is 0 Å². The molecule has 0 saturated carbocycles. The zero-order chi connectivity index (χ0) is 30.4. The molecule has 2 heterocycles. The number of piperidine rings is 1. The van der Waals surface area contributed by atoms with Gasteiger partial charge in [0.1, 0.15) is 5.82 Å². The zero-order valence-electron chi connectivity index (χ0n) is 25.6. The number of urea groups is 1. The topological polar surface area (TPSA) is 91.3 Å². The summed E-state index contributed by atoms with van der Waals surface area (Å²) in [4.78, 5) is 27.8. The first-order valence-electron chi connectivity index (χ1n) is 15.1. The van der Waals surface area contributed by atoms with Crippen molar-refractivity contribution in [3.63, 3.8) is 0 Å². The lowest BCUT2D eigenvalue weighted by Gasteiger charge is -2.32. The smallest absolute Gasteiger partial charge is 0.324 e. The van der Waals surface area contributed by atoms with E-state index < -0.39 is 0 Å². The molecule has 3 aromatic carbocycles. The number of likely N-dealkylation sites (tertiary alicyclic amines) is 1. The highest BCUT2D eigenvalue weighted by molar-refractivity contribution is 5.99. The van der Waals surface area contributed by atoms with Gasteiger partial charge in [-0.3, -0.25) is 10.1 Å². The summed E-state index contributed by atoms with van der Waals surface area (Å²) in [5.41, 5.74) is 5.65. The average molecular weight is 579 g/mol. The van der Waals surface area contributed by atoms with Gasteiger partial charge in [-0.25, -0.2) is 9.48 Å². The molecule has 1 aliphatic heterocycles. The Labute approximate surface area is 254 Å². The van der Waals surface area contributed by atoms with Crippen LogP contribution in [0.4, 0.5) is 22.0 Å². The highest BCUT2D eigenvalue weighted by Crippen LogP contribution is 2.27. The van der Waals surface area contributed by atoms with Crippen LogP contribution in [0, 0.1) is 12.8 Å². The summed E-state index contributed by atoms with van der Waals surface area (Å²) < 4.78 is 1.78. The van der Waals surface area contributed by atoms with Gasteiger partial charge < -0.3 is 15.5 Å². The Morgan fingerprint density at radius 1 is 0.860 bits per heavy atom. The molecule has 3 amide bonds. The number of hydrogen-bond acceptors (Lipinski definition) is 4. The van der Waals surface area contributed by atoms with Gasteiger partial charge in [0.05, 0.1) is 17.9 Å². The summed E-state index contributed by atoms with van der Waals surface area (Å²) in [6.45, 7) is 10.2. The summed E-state index contributed by atoms with van der Waals surface area (Å²) in [7, 11) is 0. The summed E-state index contributed by atoms with van der Waals surface area (Å²) in [5.74, 6) is 1.25. The second-order valence-electron chi connectivity index (χ2n) is 12.4. The van der Waals surface area contributed by atoms with Crippen LogP contribution in [0.3, 0.4) is 0 Å². The Kier molecular flexibility index (Phi) is 9.14. The van der Waals surface area contributed by atoms with Gasteiger partial charge in [0, 0.05) is 35.9 Å². The van der Waals surface area contributed by atoms with Crippen LogP contribution in [-0.2, 0) is 16.6 Å². The molecule has 1 aromatic heterocycles. The molecule has 0 unspecified atom stereocenters. The third kappa shape index (κ3) is 8.03. The first kappa shape index (κ1) is 29.9. The molecule has 3 N–H and O–H groups in total. The molecule has 0 spiro atoms. The van der Waals surface area contributed by atoms with Gasteiger partial charge in [-0.2, -0.15) is 5.10 Å². The average Bonchev–Trinajstić information content (AvgIpc) is 3.41. The molecule has 1 aliphatic rings. The van der Waals surface area contributed by atoms with Crippen molar-refractivity contribution in [2.45, 2.75) is 52.4 Å². The number of amides is 3. The molecule has 0 aliphatic carbocycles. The van der Waals surface area contributed by atoms with Crippen molar-refractivity contribution in [2.75, 3.05) is 35.6 Å². The van der Waals surface area contributed by atoms with Gasteiger partial charge in [-0.15, -0.1) is 0 Å². The number of para-hydroxylation sites is 1. The predicted molar refractivity (Wildman–Crippen MR) is 174 cm³/mol. The van der Waals surface area contributed by atoms with Crippen LogP contribution >= 0.6 is 0 Å². The molecule has 0 bridgehead atoms. The van der Waals surface area contributed by atoms with Crippen molar-refractivity contribution in [1.29, 1.82) is 0 Å². The standard InChI is InChI=1S/C35H42N6O2/c1-25-13-15-30(16-14-25)41-32(23-31(39-41)35(2,3)4)38-34(43)37-29-12-8-9-27(22-29)21-26-17-19-40(20-18-26)33(42)24-36-28-10-6-5-7-11-28/h5-16,22-23,26,36H,17-21,24H2,1-4H3,(H2,37,38,43). The maximum Gasteiger partial charge on any atom is 0.324 e. The first-order valence-corrected chi connectivity index (χ1v) is 15.1. The Bertz CT molecular complexity index is 1530. The van der Waals surface area contributed by atoms with Crippen molar-refractivity contribution in [3.05, 3.63) is 102 Å². The predicted octanol–water partition coefficient (Wildman–Crippen LogP) is 7.02. The minimum atomic E-state index is -0.318. The highest BCUT2D eigenvalue weighted by Gasteiger charge is 2.24. The van der Waals surface area contributed by atoms with Crippen molar-refractivity contribution >= 4 is 29.1 Å². The fraction of sp³-hybridized carbons (Fsp3) is 0.343. The van der Waals surface area contributed by atoms with Crippen LogP contribution in [0.15, 0.2) is 84.9 Å². The van der Waals surface area contributed by atoms with Crippen molar-refractivity contribution < 1.29 is 9.59 Å². The van der Waals surface area contributed by atoms with E-state index in [4.69, 9.17) is 5.10 Å². The number of carbonyl (C=O) groups excluding carboxylic acids is 2. The lowest BCUT2D eigenvalue weighted by Crippen LogP contribution is -2.41. The van der Waals surface area contributed by atoms with Crippen LogP contribution in [0.5, 0.6) is 0 Å². The molecule has 0 atom stereocenters. The molecule has 8 nitrogen and oxygen atoms in total. The Morgan fingerprint density at radius 3 is 2.26 bits per heavy atom. The largest absolute Gasteiger partial charge is 0.376 e. The molecular weight excluding hydrogens is 536 g/mol. The summed E-state index contributed by atoms with van der Waals surface area (Å²) in [6, 6.07) is 27.5. The molecule has 224 valence electrons. The van der Waals surface area contributed by atoms with E-state index >= 15 is 0 Å². The van der Waals surface area contributed by atoms with E-state index in [2.05, 4.69) is 42.8 Å². The molecule has 5 rings (SSSR count). The number of aryl methyl sites for hydroxylation is 1. The minimum Gasteiger partial charge on any atom is -0.376 e. The van der Waals surface area contributed by atoms with E-state index in [0.717, 1.165) is 60.7 Å². The molecular formula is C35H42N6O2. The number of benzene rings is 3. The van der Waals surface area contributed by atoms with E-state index in [1.54, 1.807) is 4.68 Å². The Balaban J connectivity index is 1.16. The molecule has 0 radical (unpaired) electrons. The molecule has 1 saturated heterocycles. The van der Waals surface area contributed by atoms with Crippen molar-refractivity contribution in [1.82, 2.24) is 14.7 Å². The minimum absolute atomic E-state index is 0.137. The van der Waals surface area contributed by atoms with Gasteiger partial charge in [-0.1, -0.05) is 68.8 Å². The number of nitrogens with one attached hydrogen (secondary N) is 3. The van der Waals surface area contributed by atoms with Crippen molar-refractivity contribution in [3.8, 4) is 5.69 Å². The molecule has 43 heavy (non-hydrogen) atoms. The first-order chi connectivity index (χ1) is 20.6. The van der Waals surface area contributed by atoms with E-state index in [9.17, 15) is 9.59 Å². The zero-order valence-corrected chi connectivity index (χ0v) is 25.6. The van der Waals surface area contributed by atoms with Gasteiger partial charge >= 0.3 is 6.03 Å². The monoisotopic (exact) mass is 578 g/mol. The number of anilines is 3. The van der Waals surface area contributed by atoms with Crippen LogP contribution in [0.1, 0.15) is 50.4 Å². The molecule has 4 aromatic rings. The van der Waals surface area contributed by atoms with Gasteiger partial charge in [0.25, 0.3) is 0 Å². The third-order valence-corrected chi connectivity index (χ3v) is 7.89. The Hall–Kier alpha value is -4.59. The number of hydrogen-bond donors (Lipinski definition) is 3. The normalized spacial score (nSPS) is 13.9. The fourth-order valence-electron chi connectivity index (χ4n) is 5.34. The number of carbonyl (C=O) groups is 2. The lowest BCUT2D eigenvalue weighted by molar-refractivity contribution is -0.130. The van der Waals surface area contributed by atoms with E-state index in [0.29, 0.717) is 18.3 Å². The maximum atomic E-state index is 13.1. The SMILES string of the molecule is Cc1ccc(-n2nc(C(C)(C)C)cc2NC(=O)Nc2cccc(CC3CCN(C(=O)CNc4ccccc4)CC3)c2)cc1. The number of rotatable bonds is 8. The van der Waals surface area contributed by atoms with E-state index in [1.165, 1.54) is 5.56 Å². The summed E-state index contributed by atoms with van der Waals surface area (Å²) in [6.07, 6.45) is 2.85. The van der Waals surface area contributed by atoms with Gasteiger partial charge in [0.15, 0.2) is 0 Å². The second-order valence-corrected chi connectivity index (χ2v) is 12.4. The number of nitrogens with zero attached hydrogens (tertiary/aromatic N) is 3. The molecule has 1 fully saturated rings. The van der Waals surface area contributed by atoms with Gasteiger partial charge in [0.2, 0.25) is 5.91 Å². The second kappa shape index (κ2) is 13.2. The summed E-state index contributed by atoms with van der Waals surface area (Å²) in [5, 5.41) is 14.0. The summed E-state index contributed by atoms with van der Waals surface area (Å²) >= 11 is 0. The van der Waals surface area contributed by atoms with E-state index in [1.807, 2.05) is 90.7 Å². The fourth-order valence-corrected chi connectivity index (χ4v) is 5.34. The number of aromatic nitrogens is 2. The van der Waals surface area contributed by atoms with Crippen molar-refractivity contribution in [2.24, 2.45) is 5.92 Å². The quantitative estimate of drug-likeness (QED) is 0.210. The van der Waals surface area contributed by atoms with Gasteiger partial charge in [-0.05, 0) is 74.1 Å². The van der Waals surface area contributed by atoms with Crippen LogP contribution in [-0.4, -0.2) is 46.3 Å². The maximum absolute atomic E-state index is 13.1. The highest BCUT2D eigenvalue weighted by atomic mass is 16.2.